The van der Waals surface area contributed by atoms with Crippen LogP contribution in [0.15, 0.2) is 36.9 Å². The van der Waals surface area contributed by atoms with Crippen LogP contribution >= 0.6 is 0 Å². The highest BCUT2D eigenvalue weighted by Gasteiger charge is 2.42. The fourth-order valence-electron chi connectivity index (χ4n) is 3.56. The molecule has 1 saturated carbocycles. The zero-order valence-electron chi connectivity index (χ0n) is 15.0. The molecule has 3 rings (SSSR count). The molecule has 5 nitrogen and oxygen atoms in total. The van der Waals surface area contributed by atoms with E-state index in [1.165, 1.54) is 0 Å². The van der Waals surface area contributed by atoms with Crippen molar-refractivity contribution in [3.8, 4) is 0 Å². The van der Waals surface area contributed by atoms with E-state index in [1.807, 2.05) is 23.1 Å². The molecule has 2 amide bonds. The van der Waals surface area contributed by atoms with Crippen molar-refractivity contribution < 1.29 is 9.59 Å². The summed E-state index contributed by atoms with van der Waals surface area (Å²) in [5.41, 5.74) is 1.14. The lowest BCUT2D eigenvalue weighted by molar-refractivity contribution is -0.130. The maximum Gasteiger partial charge on any atom is 0.253 e. The Morgan fingerprint density at radius 2 is 1.80 bits per heavy atom. The zero-order chi connectivity index (χ0) is 17.9. The molecule has 2 fully saturated rings. The summed E-state index contributed by atoms with van der Waals surface area (Å²) in [4.78, 5) is 29.2. The largest absolute Gasteiger partial charge is 0.336 e. The summed E-state index contributed by atoms with van der Waals surface area (Å²) >= 11 is 0. The van der Waals surface area contributed by atoms with Gasteiger partial charge in [-0.05, 0) is 50.6 Å². The van der Waals surface area contributed by atoms with Crippen molar-refractivity contribution in [1.29, 1.82) is 0 Å². The summed E-state index contributed by atoms with van der Waals surface area (Å²) < 4.78 is 0. The normalized spacial score (nSPS) is 19.8. The van der Waals surface area contributed by atoms with E-state index in [4.69, 9.17) is 0 Å². The third-order valence-corrected chi connectivity index (χ3v) is 5.51. The molecular formula is C20H27N3O2. The van der Waals surface area contributed by atoms with Gasteiger partial charge in [0.25, 0.3) is 5.91 Å². The van der Waals surface area contributed by atoms with E-state index in [0.29, 0.717) is 5.56 Å². The minimum absolute atomic E-state index is 0.0631. The average molecular weight is 341 g/mol. The number of nitrogens with zero attached hydrogens (tertiary/aromatic N) is 2. The monoisotopic (exact) mass is 341 g/mol. The van der Waals surface area contributed by atoms with Gasteiger partial charge in [0.15, 0.2) is 0 Å². The van der Waals surface area contributed by atoms with E-state index in [-0.39, 0.29) is 17.2 Å². The van der Waals surface area contributed by atoms with E-state index in [2.05, 4.69) is 23.8 Å². The highest BCUT2D eigenvalue weighted by atomic mass is 16.2. The maximum atomic E-state index is 12.6. The average Bonchev–Trinajstić information content (AvgIpc) is 2.58. The summed E-state index contributed by atoms with van der Waals surface area (Å²) in [6, 6.07) is 7.25. The van der Waals surface area contributed by atoms with Crippen molar-refractivity contribution in [2.24, 2.45) is 5.41 Å². The molecule has 1 heterocycles. The number of rotatable bonds is 5. The number of benzene rings is 1. The van der Waals surface area contributed by atoms with Crippen molar-refractivity contribution in [1.82, 2.24) is 9.80 Å². The SMILES string of the molecule is C=CCC1(C(=O)Nc2ccc(C(=O)N3CCN(C)CC3)cc2)CCC1. The van der Waals surface area contributed by atoms with Gasteiger partial charge in [-0.1, -0.05) is 12.5 Å². The fraction of sp³-hybridized carbons (Fsp3) is 0.500. The second-order valence-corrected chi connectivity index (χ2v) is 7.25. The summed E-state index contributed by atoms with van der Waals surface area (Å²) in [5.74, 6) is 0.130. The number of amides is 2. The summed E-state index contributed by atoms with van der Waals surface area (Å²) in [6.45, 7) is 7.11. The molecule has 0 radical (unpaired) electrons. The third kappa shape index (κ3) is 3.76. The van der Waals surface area contributed by atoms with E-state index in [9.17, 15) is 9.59 Å². The number of hydrogen-bond donors (Lipinski definition) is 1. The lowest BCUT2D eigenvalue weighted by atomic mass is 9.66. The number of likely N-dealkylation sites (N-methyl/N-ethyl adjacent to an activating group) is 1. The predicted octanol–water partition coefficient (Wildman–Crippen LogP) is 2.76. The fourth-order valence-corrected chi connectivity index (χ4v) is 3.56. The molecule has 25 heavy (non-hydrogen) atoms. The second-order valence-electron chi connectivity index (χ2n) is 7.25. The third-order valence-electron chi connectivity index (χ3n) is 5.51. The summed E-state index contributed by atoms with van der Waals surface area (Å²) in [6.07, 6.45) is 5.49. The molecule has 1 saturated heterocycles. The van der Waals surface area contributed by atoms with Gasteiger partial charge in [0.2, 0.25) is 5.91 Å². The van der Waals surface area contributed by atoms with Gasteiger partial charge in [0, 0.05) is 37.4 Å². The van der Waals surface area contributed by atoms with Gasteiger partial charge in [-0.2, -0.15) is 0 Å². The topological polar surface area (TPSA) is 52.7 Å². The number of carbonyl (C=O) groups is 2. The Hall–Kier alpha value is -2.14. The number of anilines is 1. The molecule has 0 spiro atoms. The van der Waals surface area contributed by atoms with Crippen LogP contribution in [0.4, 0.5) is 5.69 Å². The Kier molecular flexibility index (Phi) is 5.23. The molecule has 0 bridgehead atoms. The quantitative estimate of drug-likeness (QED) is 0.838. The van der Waals surface area contributed by atoms with Gasteiger partial charge in [0.05, 0.1) is 5.41 Å². The van der Waals surface area contributed by atoms with E-state index >= 15 is 0 Å². The number of piperazine rings is 1. The molecule has 1 aliphatic heterocycles. The van der Waals surface area contributed by atoms with Crippen LogP contribution in [0.5, 0.6) is 0 Å². The van der Waals surface area contributed by atoms with Crippen molar-refractivity contribution in [2.45, 2.75) is 25.7 Å². The van der Waals surface area contributed by atoms with E-state index < -0.39 is 0 Å². The number of nitrogens with one attached hydrogen (secondary N) is 1. The van der Waals surface area contributed by atoms with Crippen LogP contribution in [0.25, 0.3) is 0 Å². The molecule has 1 aromatic rings. The lowest BCUT2D eigenvalue weighted by Crippen LogP contribution is -2.47. The Morgan fingerprint density at radius 3 is 2.32 bits per heavy atom. The van der Waals surface area contributed by atoms with Gasteiger partial charge in [-0.25, -0.2) is 0 Å². The molecule has 5 heteroatoms. The van der Waals surface area contributed by atoms with Crippen LogP contribution in [-0.2, 0) is 4.79 Å². The van der Waals surface area contributed by atoms with Gasteiger partial charge < -0.3 is 15.1 Å². The summed E-state index contributed by atoms with van der Waals surface area (Å²) in [7, 11) is 2.07. The van der Waals surface area contributed by atoms with Crippen LogP contribution < -0.4 is 5.32 Å². The first-order chi connectivity index (χ1) is 12.0. The number of carbonyl (C=O) groups excluding carboxylic acids is 2. The first-order valence-corrected chi connectivity index (χ1v) is 9.04. The molecule has 134 valence electrons. The minimum Gasteiger partial charge on any atom is -0.336 e. The standard InChI is InChI=1S/C20H27N3O2/c1-3-9-20(10-4-11-20)19(25)21-17-7-5-16(6-8-17)18(24)23-14-12-22(2)13-15-23/h3,5-8H,1,4,9-15H2,2H3,(H,21,25). The number of hydrogen-bond acceptors (Lipinski definition) is 3. The number of allylic oxidation sites excluding steroid dienone is 1. The second kappa shape index (κ2) is 7.40. The molecule has 1 aliphatic carbocycles. The van der Waals surface area contributed by atoms with Gasteiger partial charge in [-0.15, -0.1) is 6.58 Å². The lowest BCUT2D eigenvalue weighted by Gasteiger charge is -2.39. The van der Waals surface area contributed by atoms with Crippen LogP contribution in [0.1, 0.15) is 36.0 Å². The van der Waals surface area contributed by atoms with Crippen molar-refractivity contribution in [2.75, 3.05) is 38.5 Å². The van der Waals surface area contributed by atoms with Gasteiger partial charge >= 0.3 is 0 Å². The Balaban J connectivity index is 1.61. The van der Waals surface area contributed by atoms with Crippen LogP contribution in [0, 0.1) is 5.41 Å². The first-order valence-electron chi connectivity index (χ1n) is 9.04. The van der Waals surface area contributed by atoms with Crippen LogP contribution in [0.3, 0.4) is 0 Å². The van der Waals surface area contributed by atoms with Crippen molar-refractivity contribution in [3.05, 3.63) is 42.5 Å². The smallest absolute Gasteiger partial charge is 0.253 e. The molecule has 1 N–H and O–H groups in total. The predicted molar refractivity (Wildman–Crippen MR) is 99.6 cm³/mol. The van der Waals surface area contributed by atoms with Crippen molar-refractivity contribution in [3.63, 3.8) is 0 Å². The highest BCUT2D eigenvalue weighted by molar-refractivity contribution is 5.97. The molecule has 0 unspecified atom stereocenters. The van der Waals surface area contributed by atoms with Crippen LogP contribution in [0.2, 0.25) is 0 Å². The molecule has 0 aromatic heterocycles. The highest BCUT2D eigenvalue weighted by Crippen LogP contribution is 2.45. The first kappa shape index (κ1) is 17.7. The Morgan fingerprint density at radius 1 is 1.16 bits per heavy atom. The van der Waals surface area contributed by atoms with Gasteiger partial charge in [-0.3, -0.25) is 9.59 Å². The van der Waals surface area contributed by atoms with Crippen LogP contribution in [-0.4, -0.2) is 54.8 Å². The molecular weight excluding hydrogens is 314 g/mol. The van der Waals surface area contributed by atoms with Crippen molar-refractivity contribution >= 4 is 17.5 Å². The zero-order valence-corrected chi connectivity index (χ0v) is 15.0. The molecule has 1 aromatic carbocycles. The minimum atomic E-state index is -0.282. The molecule has 0 atom stereocenters. The van der Waals surface area contributed by atoms with E-state index in [0.717, 1.165) is 57.5 Å². The Labute approximate surface area is 149 Å². The van der Waals surface area contributed by atoms with Gasteiger partial charge in [0.1, 0.15) is 0 Å². The Bertz CT molecular complexity index is 641. The maximum absolute atomic E-state index is 12.6. The summed E-state index contributed by atoms with van der Waals surface area (Å²) in [5, 5.41) is 3.00. The molecule has 2 aliphatic rings. The van der Waals surface area contributed by atoms with E-state index in [1.54, 1.807) is 12.1 Å².